The van der Waals surface area contributed by atoms with E-state index >= 15 is 0 Å². The Morgan fingerprint density at radius 2 is 1.56 bits per heavy atom. The van der Waals surface area contributed by atoms with Crippen LogP contribution in [0, 0.1) is 13.8 Å². The molecule has 0 saturated carbocycles. The number of nitrogens with one attached hydrogen (secondary N) is 1. The second kappa shape index (κ2) is 12.7. The van der Waals surface area contributed by atoms with Crippen LogP contribution >= 0.6 is 11.8 Å². The Hall–Kier alpha value is -5.87. The lowest BCUT2D eigenvalue weighted by atomic mass is 9.89. The van der Waals surface area contributed by atoms with Crippen molar-refractivity contribution in [3.63, 3.8) is 0 Å². The quantitative estimate of drug-likeness (QED) is 0.0979. The Balaban J connectivity index is 1.15. The van der Waals surface area contributed by atoms with E-state index in [9.17, 15) is 24.0 Å². The van der Waals surface area contributed by atoms with Gasteiger partial charge in [0.25, 0.3) is 17.4 Å². The third-order valence-electron chi connectivity index (χ3n) is 9.77. The number of benzene rings is 4. The number of fused-ring (bicyclic) bond motifs is 3. The Bertz CT molecular complexity index is 2470. The summed E-state index contributed by atoms with van der Waals surface area (Å²) in [4.78, 5) is 79.7. The number of hydrogen-bond acceptors (Lipinski definition) is 8. The molecule has 0 saturated heterocycles. The van der Waals surface area contributed by atoms with Crippen LogP contribution in [0.15, 0.2) is 94.6 Å². The van der Waals surface area contributed by atoms with Crippen LogP contribution in [-0.4, -0.2) is 39.5 Å². The zero-order valence-electron chi connectivity index (χ0n) is 28.9. The molecule has 0 spiro atoms. The number of allylic oxidation sites excluding steroid dienone is 4. The van der Waals surface area contributed by atoms with Gasteiger partial charge in [-0.15, -0.1) is 11.8 Å². The topological polar surface area (TPSA) is 126 Å². The third-order valence-corrected chi connectivity index (χ3v) is 10.8. The molecule has 5 aromatic rings. The molecule has 10 heteroatoms. The fourth-order valence-electron chi connectivity index (χ4n) is 7.41. The molecule has 2 heterocycles. The van der Waals surface area contributed by atoms with Crippen molar-refractivity contribution in [1.82, 2.24) is 9.97 Å². The Labute approximate surface area is 303 Å². The zero-order chi connectivity index (χ0) is 36.4. The first kappa shape index (κ1) is 33.3. The number of thioether (sulfide) groups is 1. The first-order valence-corrected chi connectivity index (χ1v) is 18.0. The predicted molar refractivity (Wildman–Crippen MR) is 201 cm³/mol. The highest BCUT2D eigenvalue weighted by Gasteiger charge is 2.49. The Morgan fingerprint density at radius 3 is 2.19 bits per heavy atom. The third kappa shape index (κ3) is 5.33. The Morgan fingerprint density at radius 1 is 0.865 bits per heavy atom. The smallest absolute Gasteiger partial charge is 0.266 e. The van der Waals surface area contributed by atoms with Crippen molar-refractivity contribution in [2.45, 2.75) is 56.8 Å². The number of aromatic amines is 1. The summed E-state index contributed by atoms with van der Waals surface area (Å²) in [5.74, 6) is -2.58. The molecule has 52 heavy (non-hydrogen) atoms. The number of ether oxygens (including phenoxy) is 1. The summed E-state index contributed by atoms with van der Waals surface area (Å²) < 4.78 is 5.94. The number of H-pyrrole nitrogens is 1. The number of amides is 2. The van der Waals surface area contributed by atoms with E-state index in [4.69, 9.17) is 4.74 Å². The highest BCUT2D eigenvalue weighted by Crippen LogP contribution is 2.45. The molecule has 2 amide bonds. The summed E-state index contributed by atoms with van der Waals surface area (Å²) >= 11 is 1.58. The van der Waals surface area contributed by atoms with Crippen molar-refractivity contribution < 1.29 is 23.9 Å². The van der Waals surface area contributed by atoms with Crippen molar-refractivity contribution in [1.29, 1.82) is 0 Å². The fraction of sp³-hybridized carbons (Fsp3) is 0.190. The van der Waals surface area contributed by atoms with Gasteiger partial charge in [-0.1, -0.05) is 48.6 Å². The van der Waals surface area contributed by atoms with E-state index in [1.807, 2.05) is 80.6 Å². The molecule has 4 aromatic carbocycles. The number of nitrogens with zero attached hydrogens (tertiary/aromatic N) is 2. The van der Waals surface area contributed by atoms with Crippen molar-refractivity contribution in [3.05, 3.63) is 146 Å². The highest BCUT2D eigenvalue weighted by atomic mass is 32.2. The van der Waals surface area contributed by atoms with Crippen LogP contribution in [0.3, 0.4) is 0 Å². The summed E-state index contributed by atoms with van der Waals surface area (Å²) in [5, 5.41) is 0.339. The number of hydrogen-bond donors (Lipinski definition) is 1. The molecule has 0 fully saturated rings. The van der Waals surface area contributed by atoms with Gasteiger partial charge in [-0.25, -0.2) is 9.88 Å². The minimum atomic E-state index is -1.42. The van der Waals surface area contributed by atoms with Gasteiger partial charge in [0.1, 0.15) is 17.5 Å². The first-order valence-electron chi connectivity index (χ1n) is 17.0. The monoisotopic (exact) mass is 707 g/mol. The van der Waals surface area contributed by atoms with Crippen molar-refractivity contribution in [2.75, 3.05) is 4.90 Å². The maximum absolute atomic E-state index is 14.3. The number of aromatic nitrogens is 2. The number of Topliss-reactive ketones (excluding diaryl/α,β-unsaturated/α-hetero) is 2. The number of ketones is 2. The second-order valence-electron chi connectivity index (χ2n) is 13.4. The molecule has 1 N–H and O–H groups in total. The number of rotatable bonds is 8. The van der Waals surface area contributed by atoms with Crippen molar-refractivity contribution in [2.24, 2.45) is 0 Å². The molecular formula is C42H33N3O6S. The van der Waals surface area contributed by atoms with Gasteiger partial charge in [0.05, 0.1) is 33.8 Å². The lowest BCUT2D eigenvalue weighted by Gasteiger charge is -2.21. The number of imide groups is 1. The summed E-state index contributed by atoms with van der Waals surface area (Å²) in [6.45, 7) is 6.96. The van der Waals surface area contributed by atoms with E-state index in [-0.39, 0.29) is 45.3 Å². The Kier molecular flexibility index (Phi) is 8.14. The van der Waals surface area contributed by atoms with E-state index in [0.717, 1.165) is 26.7 Å². The van der Waals surface area contributed by atoms with Gasteiger partial charge < -0.3 is 9.72 Å². The molecule has 1 aromatic heterocycles. The molecule has 3 aliphatic rings. The molecule has 0 bridgehead atoms. The van der Waals surface area contributed by atoms with E-state index < -0.39 is 34.9 Å². The van der Waals surface area contributed by atoms with Crippen LogP contribution in [-0.2, 0) is 5.75 Å². The lowest BCUT2D eigenvalue weighted by Crippen LogP contribution is -2.30. The SMILES string of the molecule is Cc1c2c(c(C)c3c1C(=O)N(c1cc(OC(C)C)ccc1C1=CC=CC1)C3=O)C(=O)C(c1nc3ccc(SCc4ccccc4)cc3c(=O)[nH]1)C2=O. The van der Waals surface area contributed by atoms with Crippen LogP contribution in [0.2, 0.25) is 0 Å². The summed E-state index contributed by atoms with van der Waals surface area (Å²) in [6, 6.07) is 20.6. The van der Waals surface area contributed by atoms with Crippen LogP contribution in [0.4, 0.5) is 5.69 Å². The van der Waals surface area contributed by atoms with Gasteiger partial charge in [-0.3, -0.25) is 24.0 Å². The van der Waals surface area contributed by atoms with E-state index in [0.29, 0.717) is 34.3 Å². The van der Waals surface area contributed by atoms with Crippen LogP contribution in [0.25, 0.3) is 16.5 Å². The first-order chi connectivity index (χ1) is 25.0. The molecule has 2 aliphatic carbocycles. The van der Waals surface area contributed by atoms with E-state index in [1.54, 1.807) is 43.8 Å². The van der Waals surface area contributed by atoms with Crippen LogP contribution < -0.4 is 15.2 Å². The van der Waals surface area contributed by atoms with Crippen molar-refractivity contribution >= 4 is 57.3 Å². The summed E-state index contributed by atoms with van der Waals surface area (Å²) in [7, 11) is 0. The van der Waals surface area contributed by atoms with Gasteiger partial charge in [0, 0.05) is 33.4 Å². The second-order valence-corrected chi connectivity index (χ2v) is 14.5. The van der Waals surface area contributed by atoms with Crippen LogP contribution in [0.1, 0.15) is 95.7 Å². The fourth-order valence-corrected chi connectivity index (χ4v) is 8.30. The standard InChI is InChI=1S/C42H33N3O6S/c1-21(2)51-26-14-16-28(25-12-8-9-13-25)31(18-26)45-41(49)34-22(3)32-33(23(4)35(34)42(45)50)38(47)36(37(32)46)39-43-30-17-15-27(19-29(30)40(48)44-39)52-20-24-10-6-5-7-11-24/h5-12,14-19,21,36H,13,20H2,1-4H3,(H,43,44,48). The minimum Gasteiger partial charge on any atom is -0.491 e. The van der Waals surface area contributed by atoms with Crippen LogP contribution in [0.5, 0.6) is 5.75 Å². The minimum absolute atomic E-state index is 0.0725. The predicted octanol–water partition coefficient (Wildman–Crippen LogP) is 7.93. The number of carbonyl (C=O) groups excluding carboxylic acids is 4. The van der Waals surface area contributed by atoms with Gasteiger partial charge in [0.15, 0.2) is 11.6 Å². The van der Waals surface area contributed by atoms with Gasteiger partial charge in [0.2, 0.25) is 0 Å². The average Bonchev–Trinajstić information content (AvgIpc) is 3.82. The highest BCUT2D eigenvalue weighted by molar-refractivity contribution is 7.98. The zero-order valence-corrected chi connectivity index (χ0v) is 29.7. The van der Waals surface area contributed by atoms with Gasteiger partial charge in [-0.05, 0) is 86.7 Å². The largest absolute Gasteiger partial charge is 0.491 e. The number of anilines is 1. The van der Waals surface area contributed by atoms with E-state index in [1.165, 1.54) is 0 Å². The molecule has 1 aliphatic heterocycles. The lowest BCUT2D eigenvalue weighted by molar-refractivity contribution is 0.0882. The molecule has 258 valence electrons. The molecule has 8 rings (SSSR count). The molecule has 0 radical (unpaired) electrons. The summed E-state index contributed by atoms with van der Waals surface area (Å²) in [5.41, 5.74) is 3.86. The maximum atomic E-state index is 14.3. The van der Waals surface area contributed by atoms with Gasteiger partial charge in [-0.2, -0.15) is 0 Å². The maximum Gasteiger partial charge on any atom is 0.266 e. The van der Waals surface area contributed by atoms with E-state index in [2.05, 4.69) is 9.97 Å². The van der Waals surface area contributed by atoms with Gasteiger partial charge >= 0.3 is 0 Å². The number of carbonyl (C=O) groups is 4. The summed E-state index contributed by atoms with van der Waals surface area (Å²) in [6.07, 6.45) is 6.36. The molecule has 9 nitrogen and oxygen atoms in total. The normalized spacial score (nSPS) is 15.3. The van der Waals surface area contributed by atoms with Crippen molar-refractivity contribution in [3.8, 4) is 5.75 Å². The average molecular weight is 708 g/mol. The molecular weight excluding hydrogens is 675 g/mol. The molecule has 0 atom stereocenters. The molecule has 0 unspecified atom stereocenters.